The van der Waals surface area contributed by atoms with Crippen molar-refractivity contribution in [2.45, 2.75) is 39.3 Å². The van der Waals surface area contributed by atoms with Gasteiger partial charge in [-0.25, -0.2) is 4.98 Å². The molecule has 4 heterocycles. The van der Waals surface area contributed by atoms with Gasteiger partial charge in [-0.15, -0.1) is 0 Å². The first-order valence-corrected chi connectivity index (χ1v) is 13.1. The van der Waals surface area contributed by atoms with E-state index < -0.39 is 17.3 Å². The zero-order chi connectivity index (χ0) is 27.3. The Morgan fingerprint density at radius 2 is 1.85 bits per heavy atom. The zero-order valence-electron chi connectivity index (χ0n) is 21.7. The van der Waals surface area contributed by atoms with Gasteiger partial charge in [0.25, 0.3) is 5.56 Å². The van der Waals surface area contributed by atoms with Crippen molar-refractivity contribution >= 4 is 11.4 Å². The van der Waals surface area contributed by atoms with Gasteiger partial charge in [-0.2, -0.15) is 23.0 Å². The van der Waals surface area contributed by atoms with E-state index >= 15 is 0 Å². The van der Waals surface area contributed by atoms with Crippen LogP contribution in [-0.4, -0.2) is 34.4 Å². The predicted octanol–water partition coefficient (Wildman–Crippen LogP) is 6.09. The summed E-state index contributed by atoms with van der Waals surface area (Å²) in [5.74, 6) is 0.780. The molecule has 0 aliphatic carbocycles. The molecule has 0 bridgehead atoms. The summed E-state index contributed by atoms with van der Waals surface area (Å²) in [5, 5.41) is 7.86. The standard InChI is InChI=1S/C29H28F3N5O2/c1-17-9-19(25-15-33-16-39-25)12-20(10-17)26-22-11-18(2)14-34-27(22)28(38)37(35-26)24-13-21(36-7-3-4-8-36)5-6-23(24)29(30,31)32/h5-6,9-10,12-13,15-16,18,34H,3-4,7-8,11,14H2,1-2H3. The number of fused-ring (bicyclic) bond motifs is 1. The molecule has 10 heteroatoms. The lowest BCUT2D eigenvalue weighted by Gasteiger charge is -2.27. The second-order valence-electron chi connectivity index (χ2n) is 10.5. The Hall–Kier alpha value is -4.08. The van der Waals surface area contributed by atoms with Gasteiger partial charge < -0.3 is 14.6 Å². The molecule has 0 spiro atoms. The van der Waals surface area contributed by atoms with E-state index in [-0.39, 0.29) is 11.6 Å². The minimum Gasteiger partial charge on any atom is -0.444 e. The van der Waals surface area contributed by atoms with Gasteiger partial charge in [0.2, 0.25) is 0 Å². The fourth-order valence-corrected chi connectivity index (χ4v) is 5.56. The van der Waals surface area contributed by atoms with Crippen LogP contribution in [0, 0.1) is 12.8 Å². The number of aryl methyl sites for hydroxylation is 1. The fraction of sp³-hybridized carbons (Fsp3) is 0.345. The predicted molar refractivity (Wildman–Crippen MR) is 143 cm³/mol. The number of rotatable bonds is 4. The third kappa shape index (κ3) is 4.68. The van der Waals surface area contributed by atoms with Crippen molar-refractivity contribution in [3.63, 3.8) is 0 Å². The van der Waals surface area contributed by atoms with E-state index in [4.69, 9.17) is 4.42 Å². The highest BCUT2D eigenvalue weighted by atomic mass is 19.4. The highest BCUT2D eigenvalue weighted by Crippen LogP contribution is 2.38. The molecule has 2 aliphatic rings. The molecule has 2 aromatic carbocycles. The van der Waals surface area contributed by atoms with Gasteiger partial charge in [0, 0.05) is 42.0 Å². The highest BCUT2D eigenvalue weighted by molar-refractivity contribution is 5.76. The van der Waals surface area contributed by atoms with Crippen LogP contribution in [0.3, 0.4) is 0 Å². The Bertz CT molecular complexity index is 1590. The molecule has 0 amide bonds. The van der Waals surface area contributed by atoms with E-state index in [0.717, 1.165) is 47.8 Å². The van der Waals surface area contributed by atoms with Crippen LogP contribution in [-0.2, 0) is 12.6 Å². The molecule has 1 saturated heterocycles. The number of hydrogen-bond donors (Lipinski definition) is 1. The zero-order valence-corrected chi connectivity index (χ0v) is 21.7. The number of aromatic nitrogens is 3. The third-order valence-electron chi connectivity index (χ3n) is 7.43. The summed E-state index contributed by atoms with van der Waals surface area (Å²) in [6.07, 6.45) is 0.800. The minimum atomic E-state index is -4.67. The average Bonchev–Trinajstić information content (AvgIpc) is 3.63. The number of nitrogens with one attached hydrogen (secondary N) is 1. The summed E-state index contributed by atoms with van der Waals surface area (Å²) < 4.78 is 49.2. The molecule has 1 N–H and O–H groups in total. The Labute approximate surface area is 223 Å². The summed E-state index contributed by atoms with van der Waals surface area (Å²) >= 11 is 0. The van der Waals surface area contributed by atoms with Crippen LogP contribution in [0.2, 0.25) is 0 Å². The molecule has 2 aliphatic heterocycles. The van der Waals surface area contributed by atoms with Crippen molar-refractivity contribution in [1.29, 1.82) is 0 Å². The van der Waals surface area contributed by atoms with E-state index in [1.54, 1.807) is 6.20 Å². The van der Waals surface area contributed by atoms with Crippen molar-refractivity contribution in [2.24, 2.45) is 5.92 Å². The maximum atomic E-state index is 14.3. The highest BCUT2D eigenvalue weighted by Gasteiger charge is 2.36. The Balaban J connectivity index is 1.61. The molecule has 0 radical (unpaired) electrons. The molecule has 1 fully saturated rings. The number of halogens is 3. The van der Waals surface area contributed by atoms with Gasteiger partial charge >= 0.3 is 6.18 Å². The Morgan fingerprint density at radius 1 is 1.08 bits per heavy atom. The van der Waals surface area contributed by atoms with E-state index in [0.29, 0.717) is 46.9 Å². The monoisotopic (exact) mass is 535 g/mol. The molecule has 2 aromatic heterocycles. The number of benzene rings is 2. The molecule has 7 nitrogen and oxygen atoms in total. The third-order valence-corrected chi connectivity index (χ3v) is 7.43. The van der Waals surface area contributed by atoms with E-state index in [9.17, 15) is 18.0 Å². The molecule has 1 unspecified atom stereocenters. The second kappa shape index (κ2) is 9.59. The van der Waals surface area contributed by atoms with Crippen molar-refractivity contribution in [1.82, 2.24) is 14.8 Å². The van der Waals surface area contributed by atoms with Crippen LogP contribution in [0.1, 0.15) is 36.5 Å². The van der Waals surface area contributed by atoms with Gasteiger partial charge in [-0.3, -0.25) is 4.79 Å². The number of hydrogen-bond acceptors (Lipinski definition) is 6. The van der Waals surface area contributed by atoms with Crippen LogP contribution in [0.15, 0.2) is 58.2 Å². The Kier molecular flexibility index (Phi) is 6.20. The SMILES string of the molecule is Cc1cc(-c2cnco2)cc(-c2nn(-c3cc(N4CCCC4)ccc3C(F)(F)F)c(=O)c3c2CC(C)CN3)c1. The summed E-state index contributed by atoms with van der Waals surface area (Å²) in [6, 6.07) is 9.71. The largest absolute Gasteiger partial charge is 0.444 e. The number of nitrogens with zero attached hydrogens (tertiary/aromatic N) is 4. The van der Waals surface area contributed by atoms with E-state index in [2.05, 4.69) is 22.3 Å². The smallest absolute Gasteiger partial charge is 0.418 e. The first-order chi connectivity index (χ1) is 18.7. The normalized spacial score (nSPS) is 17.3. The van der Waals surface area contributed by atoms with Crippen LogP contribution in [0.25, 0.3) is 28.3 Å². The molecule has 4 aromatic rings. The maximum Gasteiger partial charge on any atom is 0.418 e. The van der Waals surface area contributed by atoms with Crippen LogP contribution < -0.4 is 15.8 Å². The molecule has 0 saturated carbocycles. The van der Waals surface area contributed by atoms with Gasteiger partial charge in [-0.1, -0.05) is 6.92 Å². The van der Waals surface area contributed by atoms with Crippen molar-refractivity contribution in [2.75, 3.05) is 29.9 Å². The van der Waals surface area contributed by atoms with E-state index in [1.807, 2.05) is 30.0 Å². The van der Waals surface area contributed by atoms with Gasteiger partial charge in [0.15, 0.2) is 12.2 Å². The molecule has 1 atom stereocenters. The number of anilines is 2. The summed E-state index contributed by atoms with van der Waals surface area (Å²) in [5.41, 5.74) is 2.70. The first kappa shape index (κ1) is 25.2. The molecule has 6 rings (SSSR count). The van der Waals surface area contributed by atoms with Gasteiger partial charge in [0.1, 0.15) is 5.69 Å². The molecular formula is C29H28F3N5O2. The lowest BCUT2D eigenvalue weighted by molar-refractivity contribution is -0.137. The Morgan fingerprint density at radius 3 is 2.56 bits per heavy atom. The molecule has 202 valence electrons. The average molecular weight is 536 g/mol. The second-order valence-corrected chi connectivity index (χ2v) is 10.5. The lowest BCUT2D eigenvalue weighted by atomic mass is 9.91. The van der Waals surface area contributed by atoms with Crippen LogP contribution >= 0.6 is 0 Å². The lowest BCUT2D eigenvalue weighted by Crippen LogP contribution is -2.33. The number of oxazole rings is 1. The first-order valence-electron chi connectivity index (χ1n) is 13.1. The maximum absolute atomic E-state index is 14.3. The minimum absolute atomic E-state index is 0.219. The topological polar surface area (TPSA) is 76.2 Å². The summed E-state index contributed by atoms with van der Waals surface area (Å²) in [4.78, 5) is 19.8. The van der Waals surface area contributed by atoms with Crippen molar-refractivity contribution < 1.29 is 17.6 Å². The van der Waals surface area contributed by atoms with Crippen LogP contribution in [0.4, 0.5) is 24.5 Å². The fourth-order valence-electron chi connectivity index (χ4n) is 5.56. The van der Waals surface area contributed by atoms with Crippen molar-refractivity contribution in [3.8, 4) is 28.3 Å². The van der Waals surface area contributed by atoms with Crippen molar-refractivity contribution in [3.05, 3.63) is 76.0 Å². The van der Waals surface area contributed by atoms with Gasteiger partial charge in [0.05, 0.1) is 23.1 Å². The number of alkyl halides is 3. The quantitative estimate of drug-likeness (QED) is 0.341. The van der Waals surface area contributed by atoms with Gasteiger partial charge in [-0.05, 0) is 74.1 Å². The molecular weight excluding hydrogens is 507 g/mol. The summed E-state index contributed by atoms with van der Waals surface area (Å²) in [6.45, 7) is 6.05. The molecule has 39 heavy (non-hydrogen) atoms. The summed E-state index contributed by atoms with van der Waals surface area (Å²) in [7, 11) is 0. The van der Waals surface area contributed by atoms with E-state index in [1.165, 1.54) is 18.5 Å². The van der Waals surface area contributed by atoms with Crippen LogP contribution in [0.5, 0.6) is 0 Å².